The highest BCUT2D eigenvalue weighted by Gasteiger charge is 2.32. The minimum atomic E-state index is -3.54. The minimum absolute atomic E-state index is 0.130. The summed E-state index contributed by atoms with van der Waals surface area (Å²) in [6, 6.07) is 15.2. The van der Waals surface area contributed by atoms with Gasteiger partial charge < -0.3 is 9.64 Å². The van der Waals surface area contributed by atoms with Gasteiger partial charge in [0.05, 0.1) is 4.90 Å². The van der Waals surface area contributed by atoms with Crippen LogP contribution >= 0.6 is 11.6 Å². The molecule has 2 aromatic rings. The Morgan fingerprint density at radius 1 is 1.04 bits per heavy atom. The summed E-state index contributed by atoms with van der Waals surface area (Å²) in [5.41, 5.74) is 0. The predicted molar refractivity (Wildman–Crippen MR) is 108 cm³/mol. The molecule has 1 aliphatic rings. The number of hydrogen-bond donors (Lipinski definition) is 0. The number of hydrogen-bond acceptors (Lipinski definition) is 4. The summed E-state index contributed by atoms with van der Waals surface area (Å²) in [6.45, 7) is 3.09. The van der Waals surface area contributed by atoms with E-state index >= 15 is 0 Å². The molecule has 1 aliphatic heterocycles. The van der Waals surface area contributed by atoms with Crippen LogP contribution < -0.4 is 4.74 Å². The smallest absolute Gasteiger partial charge is 0.263 e. The maximum atomic E-state index is 12.8. The van der Waals surface area contributed by atoms with Gasteiger partial charge in [-0.2, -0.15) is 4.31 Å². The van der Waals surface area contributed by atoms with Gasteiger partial charge >= 0.3 is 0 Å². The van der Waals surface area contributed by atoms with Crippen LogP contribution in [0.2, 0.25) is 5.02 Å². The van der Waals surface area contributed by atoms with E-state index in [2.05, 4.69) is 0 Å². The topological polar surface area (TPSA) is 66.9 Å². The Hall–Kier alpha value is -2.09. The first kappa shape index (κ1) is 20.6. The Labute approximate surface area is 170 Å². The summed E-state index contributed by atoms with van der Waals surface area (Å²) in [6.07, 6.45) is -0.0947. The van der Waals surface area contributed by atoms with Crippen molar-refractivity contribution in [2.75, 3.05) is 26.2 Å². The lowest BCUT2D eigenvalue weighted by atomic mass is 10.2. The summed E-state index contributed by atoms with van der Waals surface area (Å²) in [5.74, 6) is 0.448. The zero-order chi connectivity index (χ0) is 20.1. The van der Waals surface area contributed by atoms with Gasteiger partial charge in [0, 0.05) is 31.2 Å². The summed E-state index contributed by atoms with van der Waals surface area (Å²) in [4.78, 5) is 14.8. The van der Waals surface area contributed by atoms with E-state index in [-0.39, 0.29) is 23.9 Å². The van der Waals surface area contributed by atoms with Crippen LogP contribution in [0.5, 0.6) is 5.75 Å². The highest BCUT2D eigenvalue weighted by Crippen LogP contribution is 2.20. The number of carbonyl (C=O) groups excluding carboxylic acids is 1. The maximum absolute atomic E-state index is 12.8. The third kappa shape index (κ3) is 4.66. The molecule has 0 bridgehead atoms. The number of amides is 1. The standard InChI is InChI=1S/C20H23ClN2O4S/c1-2-19(27-17-10-8-16(21)9-11-17)20(24)22-12-14-23(15-13-22)28(25,26)18-6-4-3-5-7-18/h3-11,19H,2,12-15H2,1H3/t19-/m0/s1. The monoisotopic (exact) mass is 422 g/mol. The van der Waals surface area contributed by atoms with Gasteiger partial charge in [-0.1, -0.05) is 36.7 Å². The van der Waals surface area contributed by atoms with E-state index in [1.54, 1.807) is 59.5 Å². The largest absolute Gasteiger partial charge is 0.481 e. The van der Waals surface area contributed by atoms with E-state index in [0.29, 0.717) is 30.3 Å². The normalized spacial score (nSPS) is 16.6. The number of piperazine rings is 1. The fraction of sp³-hybridized carbons (Fsp3) is 0.350. The van der Waals surface area contributed by atoms with Crippen molar-refractivity contribution in [3.05, 3.63) is 59.6 Å². The van der Waals surface area contributed by atoms with Gasteiger partial charge in [0.1, 0.15) is 5.75 Å². The average molecular weight is 423 g/mol. The molecular formula is C20H23ClN2O4S. The number of nitrogens with zero attached hydrogens (tertiary/aromatic N) is 2. The number of rotatable bonds is 6. The molecular weight excluding hydrogens is 400 g/mol. The minimum Gasteiger partial charge on any atom is -0.481 e. The van der Waals surface area contributed by atoms with Crippen molar-refractivity contribution >= 4 is 27.5 Å². The second-order valence-electron chi connectivity index (χ2n) is 6.51. The molecule has 0 aromatic heterocycles. The van der Waals surface area contributed by atoms with E-state index in [9.17, 15) is 13.2 Å². The molecule has 0 spiro atoms. The lowest BCUT2D eigenvalue weighted by molar-refractivity contribution is -0.140. The number of carbonyl (C=O) groups is 1. The third-order valence-electron chi connectivity index (χ3n) is 4.67. The molecule has 1 heterocycles. The molecule has 1 atom stereocenters. The molecule has 2 aromatic carbocycles. The second-order valence-corrected chi connectivity index (χ2v) is 8.89. The van der Waals surface area contributed by atoms with Crippen molar-refractivity contribution in [1.29, 1.82) is 0 Å². The Bertz CT molecular complexity index is 896. The van der Waals surface area contributed by atoms with Crippen molar-refractivity contribution < 1.29 is 17.9 Å². The van der Waals surface area contributed by atoms with E-state index < -0.39 is 16.1 Å². The zero-order valence-corrected chi connectivity index (χ0v) is 17.2. The van der Waals surface area contributed by atoms with E-state index in [1.165, 1.54) is 4.31 Å². The average Bonchev–Trinajstić information content (AvgIpc) is 2.73. The van der Waals surface area contributed by atoms with Crippen molar-refractivity contribution in [3.8, 4) is 5.75 Å². The molecule has 1 saturated heterocycles. The molecule has 0 radical (unpaired) electrons. The summed E-state index contributed by atoms with van der Waals surface area (Å²) in [5, 5.41) is 0.600. The maximum Gasteiger partial charge on any atom is 0.263 e. The molecule has 28 heavy (non-hydrogen) atoms. The predicted octanol–water partition coefficient (Wildman–Crippen LogP) is 3.03. The summed E-state index contributed by atoms with van der Waals surface area (Å²) < 4.78 is 32.7. The molecule has 8 heteroatoms. The summed E-state index contributed by atoms with van der Waals surface area (Å²) >= 11 is 5.88. The number of sulfonamides is 1. The van der Waals surface area contributed by atoms with Gasteiger partial charge in [-0.05, 0) is 42.8 Å². The Morgan fingerprint density at radius 2 is 1.64 bits per heavy atom. The fourth-order valence-corrected chi connectivity index (χ4v) is 4.65. The van der Waals surface area contributed by atoms with Crippen LogP contribution in [0.25, 0.3) is 0 Å². The van der Waals surface area contributed by atoms with Crippen LogP contribution in [0, 0.1) is 0 Å². The van der Waals surface area contributed by atoms with Gasteiger partial charge in [-0.25, -0.2) is 8.42 Å². The molecule has 1 fully saturated rings. The van der Waals surface area contributed by atoms with Crippen molar-refractivity contribution in [2.24, 2.45) is 0 Å². The molecule has 0 N–H and O–H groups in total. The molecule has 1 amide bonds. The van der Waals surface area contributed by atoms with E-state index in [1.807, 2.05) is 6.92 Å². The molecule has 0 saturated carbocycles. The van der Waals surface area contributed by atoms with Gasteiger partial charge in [0.2, 0.25) is 10.0 Å². The van der Waals surface area contributed by atoms with Crippen LogP contribution in [0.4, 0.5) is 0 Å². The summed E-state index contributed by atoms with van der Waals surface area (Å²) in [7, 11) is -3.54. The van der Waals surface area contributed by atoms with Gasteiger partial charge in [0.25, 0.3) is 5.91 Å². The van der Waals surface area contributed by atoms with Crippen LogP contribution in [0.3, 0.4) is 0 Å². The lowest BCUT2D eigenvalue weighted by Crippen LogP contribution is -2.53. The Balaban J connectivity index is 1.61. The highest BCUT2D eigenvalue weighted by molar-refractivity contribution is 7.89. The van der Waals surface area contributed by atoms with Gasteiger partial charge in [0.15, 0.2) is 6.10 Å². The lowest BCUT2D eigenvalue weighted by Gasteiger charge is -2.35. The van der Waals surface area contributed by atoms with E-state index in [0.717, 1.165) is 0 Å². The second kappa shape index (κ2) is 8.94. The SMILES string of the molecule is CC[C@H](Oc1ccc(Cl)cc1)C(=O)N1CCN(S(=O)(=O)c2ccccc2)CC1. The van der Waals surface area contributed by atoms with Crippen LogP contribution in [-0.2, 0) is 14.8 Å². The van der Waals surface area contributed by atoms with Gasteiger partial charge in [-0.3, -0.25) is 4.79 Å². The van der Waals surface area contributed by atoms with Crippen LogP contribution in [0.1, 0.15) is 13.3 Å². The zero-order valence-electron chi connectivity index (χ0n) is 15.6. The first-order valence-electron chi connectivity index (χ1n) is 9.18. The van der Waals surface area contributed by atoms with Gasteiger partial charge in [-0.15, -0.1) is 0 Å². The quantitative estimate of drug-likeness (QED) is 0.717. The molecule has 150 valence electrons. The third-order valence-corrected chi connectivity index (χ3v) is 6.83. The Morgan fingerprint density at radius 3 is 2.21 bits per heavy atom. The number of ether oxygens (including phenoxy) is 1. The molecule has 3 rings (SSSR count). The van der Waals surface area contributed by atoms with Crippen LogP contribution in [-0.4, -0.2) is 55.8 Å². The first-order valence-corrected chi connectivity index (χ1v) is 11.0. The Kier molecular flexibility index (Phi) is 6.59. The molecule has 6 nitrogen and oxygen atoms in total. The first-order chi connectivity index (χ1) is 13.4. The molecule has 0 aliphatic carbocycles. The number of benzene rings is 2. The van der Waals surface area contributed by atoms with Crippen molar-refractivity contribution in [1.82, 2.24) is 9.21 Å². The van der Waals surface area contributed by atoms with Crippen LogP contribution in [0.15, 0.2) is 59.5 Å². The highest BCUT2D eigenvalue weighted by atomic mass is 35.5. The fourth-order valence-electron chi connectivity index (χ4n) is 3.08. The molecule has 0 unspecified atom stereocenters. The van der Waals surface area contributed by atoms with Crippen molar-refractivity contribution in [2.45, 2.75) is 24.3 Å². The van der Waals surface area contributed by atoms with Crippen molar-refractivity contribution in [3.63, 3.8) is 0 Å². The number of halogens is 1. The van der Waals surface area contributed by atoms with E-state index in [4.69, 9.17) is 16.3 Å².